The number of carbonyl (C=O) groups is 1. The average molecular weight is 716 g/mol. The summed E-state index contributed by atoms with van der Waals surface area (Å²) in [7, 11) is 0. The number of rotatable bonds is 9. The highest BCUT2D eigenvalue weighted by molar-refractivity contribution is 6.40. The Labute approximate surface area is 303 Å². The topological polar surface area (TPSA) is 97.6 Å². The van der Waals surface area contributed by atoms with Crippen LogP contribution in [0, 0.1) is 23.7 Å². The molecule has 3 aromatic carbocycles. The fourth-order valence-electron chi connectivity index (χ4n) is 9.42. The Balaban J connectivity index is 0.950. The van der Waals surface area contributed by atoms with E-state index in [1.165, 1.54) is 19.3 Å². The highest BCUT2D eigenvalue weighted by Crippen LogP contribution is 2.55. The largest absolute Gasteiger partial charge is 0.392 e. The van der Waals surface area contributed by atoms with Gasteiger partial charge in [0, 0.05) is 23.6 Å². The summed E-state index contributed by atoms with van der Waals surface area (Å²) in [6.07, 6.45) is 8.00. The molecule has 0 radical (unpaired) electrons. The van der Waals surface area contributed by atoms with E-state index in [0.29, 0.717) is 18.2 Å². The maximum atomic E-state index is 13.1. The van der Waals surface area contributed by atoms with E-state index in [4.69, 9.17) is 32.7 Å². The summed E-state index contributed by atoms with van der Waals surface area (Å²) in [5.41, 5.74) is 5.94. The fraction of sp³-hybridized carbons (Fsp3) is 0.450. The molecule has 3 N–H and O–H groups in total. The third-order valence-corrected chi connectivity index (χ3v) is 12.3. The lowest BCUT2D eigenvalue weighted by molar-refractivity contribution is -0.276. The number of aromatic nitrogens is 2. The first-order valence-corrected chi connectivity index (χ1v) is 18.6. The minimum Gasteiger partial charge on any atom is -0.392 e. The molecule has 4 saturated carbocycles. The summed E-state index contributed by atoms with van der Waals surface area (Å²) in [6, 6.07) is 24.4. The second-order valence-corrected chi connectivity index (χ2v) is 15.8. The molecule has 50 heavy (non-hydrogen) atoms. The second kappa shape index (κ2) is 14.0. The van der Waals surface area contributed by atoms with Crippen LogP contribution in [0.2, 0.25) is 10.3 Å². The number of nitrogens with one attached hydrogen (secondary N) is 2. The zero-order valence-corrected chi connectivity index (χ0v) is 29.7. The molecular formula is C40H44Cl2N4O4. The third kappa shape index (κ3) is 6.93. The van der Waals surface area contributed by atoms with Gasteiger partial charge in [-0.1, -0.05) is 96.9 Å². The molecule has 10 heteroatoms. The van der Waals surface area contributed by atoms with Gasteiger partial charge in [0.2, 0.25) is 0 Å². The van der Waals surface area contributed by atoms with Crippen LogP contribution >= 0.6 is 23.2 Å². The zero-order valence-electron chi connectivity index (χ0n) is 28.2. The molecule has 1 aromatic heterocycles. The SMILES string of the molecule is C[C@@H]1[C@H](Cn2cnc(Cl)c2Cl)O[C@H](c2ccc(-c3cccc(CNC(=O)NC45CC6CC(CC(C6)C4)C5)c3)cc2)O[C@@H]1c1ccc(CO)cc1. The summed E-state index contributed by atoms with van der Waals surface area (Å²) in [6.45, 7) is 3.03. The normalized spacial score (nSPS) is 30.0. The van der Waals surface area contributed by atoms with Crippen molar-refractivity contribution in [1.29, 1.82) is 0 Å². The van der Waals surface area contributed by atoms with E-state index in [0.717, 1.165) is 70.4 Å². The molecular weight excluding hydrogens is 671 g/mol. The predicted molar refractivity (Wildman–Crippen MR) is 193 cm³/mol. The van der Waals surface area contributed by atoms with Gasteiger partial charge in [-0.3, -0.25) is 0 Å². The number of carbonyl (C=O) groups excluding carboxylic acids is 1. The number of benzene rings is 3. The highest BCUT2D eigenvalue weighted by atomic mass is 35.5. The number of aliphatic hydroxyl groups excluding tert-OH is 1. The Morgan fingerprint density at radius 1 is 0.900 bits per heavy atom. The molecule has 4 aliphatic carbocycles. The molecule has 5 fully saturated rings. The van der Waals surface area contributed by atoms with E-state index in [1.807, 2.05) is 42.5 Å². The molecule has 262 valence electrons. The number of hydrogen-bond acceptors (Lipinski definition) is 5. The summed E-state index contributed by atoms with van der Waals surface area (Å²) in [5.74, 6) is 2.35. The smallest absolute Gasteiger partial charge is 0.315 e. The molecule has 1 aliphatic heterocycles. The monoisotopic (exact) mass is 714 g/mol. The van der Waals surface area contributed by atoms with Crippen LogP contribution in [-0.4, -0.2) is 32.3 Å². The minimum atomic E-state index is -0.617. The van der Waals surface area contributed by atoms with Crippen molar-refractivity contribution >= 4 is 29.2 Å². The molecule has 0 spiro atoms. The number of imidazole rings is 1. The van der Waals surface area contributed by atoms with Gasteiger partial charge in [0.15, 0.2) is 11.4 Å². The number of halogens is 2. The fourth-order valence-corrected chi connectivity index (χ4v) is 9.73. The average Bonchev–Trinajstić information content (AvgIpc) is 3.43. The van der Waals surface area contributed by atoms with Crippen LogP contribution in [0.5, 0.6) is 0 Å². The highest BCUT2D eigenvalue weighted by Gasteiger charge is 2.51. The number of amides is 2. The quantitative estimate of drug-likeness (QED) is 0.161. The summed E-state index contributed by atoms with van der Waals surface area (Å²) < 4.78 is 15.0. The van der Waals surface area contributed by atoms with Crippen molar-refractivity contribution in [3.63, 3.8) is 0 Å². The molecule has 4 bridgehead atoms. The molecule has 5 aliphatic rings. The van der Waals surface area contributed by atoms with E-state index < -0.39 is 6.29 Å². The standard InChI is InChI=1S/C40H44Cl2N4O4/c1-24-34(21-46-23-44-36(41)37(46)42)49-38(50-35(24)31-7-5-25(22-47)6-8-31)32-11-9-30(10-12-32)33-4-2-3-26(16-33)20-43-39(48)45-40-17-27-13-28(18-40)15-29(14-27)19-40/h2-12,16,23-24,27-29,34-35,38,47H,13-15,17-22H2,1H3,(H2,43,45,48)/t24-,27?,28?,29?,34+,35+,38+,40?/m1/s1. The number of hydrogen-bond donors (Lipinski definition) is 3. The van der Waals surface area contributed by atoms with Crippen LogP contribution in [0.4, 0.5) is 4.79 Å². The van der Waals surface area contributed by atoms with Crippen molar-refractivity contribution < 1.29 is 19.4 Å². The summed E-state index contributed by atoms with van der Waals surface area (Å²) in [5, 5.41) is 16.8. The number of ether oxygens (including phenoxy) is 2. The zero-order chi connectivity index (χ0) is 34.4. The van der Waals surface area contributed by atoms with Gasteiger partial charge in [-0.2, -0.15) is 0 Å². The Bertz CT molecular complexity index is 1790. The first-order valence-electron chi connectivity index (χ1n) is 17.9. The number of urea groups is 1. The van der Waals surface area contributed by atoms with Gasteiger partial charge in [0.05, 0.1) is 31.7 Å². The van der Waals surface area contributed by atoms with E-state index in [9.17, 15) is 9.90 Å². The van der Waals surface area contributed by atoms with Gasteiger partial charge >= 0.3 is 6.03 Å². The van der Waals surface area contributed by atoms with Crippen LogP contribution in [0.25, 0.3) is 11.1 Å². The Morgan fingerprint density at radius 2 is 1.58 bits per heavy atom. The predicted octanol–water partition coefficient (Wildman–Crippen LogP) is 8.61. The van der Waals surface area contributed by atoms with Crippen molar-refractivity contribution in [1.82, 2.24) is 20.2 Å². The van der Waals surface area contributed by atoms with Crippen molar-refractivity contribution in [3.05, 3.63) is 112 Å². The first kappa shape index (κ1) is 33.7. The first-order chi connectivity index (χ1) is 24.2. The Morgan fingerprint density at radius 3 is 2.22 bits per heavy atom. The molecule has 4 aromatic rings. The van der Waals surface area contributed by atoms with Crippen molar-refractivity contribution in [2.24, 2.45) is 23.7 Å². The second-order valence-electron chi connectivity index (χ2n) is 15.1. The number of nitrogens with zero attached hydrogens (tertiary/aromatic N) is 2. The van der Waals surface area contributed by atoms with Crippen LogP contribution in [-0.2, 0) is 29.2 Å². The minimum absolute atomic E-state index is 0.00292. The Kier molecular flexibility index (Phi) is 9.42. The van der Waals surface area contributed by atoms with Gasteiger partial charge in [0.1, 0.15) is 5.15 Å². The van der Waals surface area contributed by atoms with E-state index >= 15 is 0 Å². The lowest BCUT2D eigenvalue weighted by Gasteiger charge is -2.56. The number of aliphatic hydroxyl groups is 1. The molecule has 8 nitrogen and oxygen atoms in total. The molecule has 2 amide bonds. The molecule has 1 saturated heterocycles. The van der Waals surface area contributed by atoms with Crippen LogP contribution in [0.3, 0.4) is 0 Å². The molecule has 9 rings (SSSR count). The van der Waals surface area contributed by atoms with Crippen LogP contribution < -0.4 is 10.6 Å². The molecule has 2 heterocycles. The van der Waals surface area contributed by atoms with E-state index in [2.05, 4.69) is 52.9 Å². The van der Waals surface area contributed by atoms with Crippen molar-refractivity contribution in [3.8, 4) is 11.1 Å². The molecule has 4 atom stereocenters. The summed E-state index contributed by atoms with van der Waals surface area (Å²) >= 11 is 12.6. The van der Waals surface area contributed by atoms with Gasteiger partial charge < -0.3 is 29.8 Å². The maximum absolute atomic E-state index is 13.1. The van der Waals surface area contributed by atoms with Crippen LogP contribution in [0.15, 0.2) is 79.1 Å². The van der Waals surface area contributed by atoms with Gasteiger partial charge in [-0.15, -0.1) is 0 Å². The van der Waals surface area contributed by atoms with Gasteiger partial charge in [-0.05, 0) is 90.2 Å². The molecule has 0 unspecified atom stereocenters. The van der Waals surface area contributed by atoms with Crippen molar-refractivity contribution in [2.75, 3.05) is 0 Å². The lowest BCUT2D eigenvalue weighted by Crippen LogP contribution is -2.61. The van der Waals surface area contributed by atoms with Crippen LogP contribution in [0.1, 0.15) is 80.1 Å². The van der Waals surface area contributed by atoms with Gasteiger partial charge in [-0.25, -0.2) is 9.78 Å². The lowest BCUT2D eigenvalue weighted by atomic mass is 9.53. The van der Waals surface area contributed by atoms with Crippen molar-refractivity contribution in [2.45, 2.75) is 89.2 Å². The Hall–Kier alpha value is -3.40. The van der Waals surface area contributed by atoms with E-state index in [1.54, 1.807) is 10.9 Å². The maximum Gasteiger partial charge on any atom is 0.315 e. The third-order valence-electron chi connectivity index (χ3n) is 11.5. The van der Waals surface area contributed by atoms with Gasteiger partial charge in [0.25, 0.3) is 0 Å². The summed E-state index contributed by atoms with van der Waals surface area (Å²) in [4.78, 5) is 17.2. The van der Waals surface area contributed by atoms with E-state index in [-0.39, 0.29) is 41.5 Å².